The van der Waals surface area contributed by atoms with Crippen molar-refractivity contribution in [2.24, 2.45) is 5.92 Å². The lowest BCUT2D eigenvalue weighted by molar-refractivity contribution is 0.0548. The van der Waals surface area contributed by atoms with E-state index < -0.39 is 5.82 Å². The molecule has 0 fully saturated rings. The number of benzene rings is 1. The van der Waals surface area contributed by atoms with Crippen LogP contribution in [0.15, 0.2) is 18.2 Å². The van der Waals surface area contributed by atoms with E-state index in [9.17, 15) is 9.18 Å². The summed E-state index contributed by atoms with van der Waals surface area (Å²) >= 11 is 5.74. The number of halogens is 2. The van der Waals surface area contributed by atoms with Gasteiger partial charge in [0.05, 0.1) is 5.02 Å². The standard InChI is InChI=1S/C15H21ClFNO/c1-10(2)9-18(15(3,4)5)14(19)11-6-7-13(17)12(16)8-11/h6-8,10H,9H2,1-5H3. The third-order valence-corrected chi connectivity index (χ3v) is 3.06. The number of hydrogen-bond donors (Lipinski definition) is 0. The van der Waals surface area contributed by atoms with Crippen molar-refractivity contribution < 1.29 is 9.18 Å². The smallest absolute Gasteiger partial charge is 0.254 e. The van der Waals surface area contributed by atoms with Crippen LogP contribution in [0.4, 0.5) is 4.39 Å². The van der Waals surface area contributed by atoms with Crippen molar-refractivity contribution >= 4 is 17.5 Å². The highest BCUT2D eigenvalue weighted by atomic mass is 35.5. The largest absolute Gasteiger partial charge is 0.334 e. The monoisotopic (exact) mass is 285 g/mol. The molecule has 0 aliphatic carbocycles. The zero-order chi connectivity index (χ0) is 14.8. The van der Waals surface area contributed by atoms with Crippen LogP contribution in [0.1, 0.15) is 45.0 Å². The van der Waals surface area contributed by atoms with Gasteiger partial charge >= 0.3 is 0 Å². The molecule has 0 saturated carbocycles. The molecular formula is C15H21ClFNO. The first-order chi connectivity index (χ1) is 8.62. The first-order valence-corrected chi connectivity index (χ1v) is 6.77. The molecule has 0 heterocycles. The average Bonchev–Trinajstić information content (AvgIpc) is 2.27. The molecule has 1 amide bonds. The molecule has 0 aromatic heterocycles. The van der Waals surface area contributed by atoms with Gasteiger partial charge in [0.1, 0.15) is 5.82 Å². The highest BCUT2D eigenvalue weighted by molar-refractivity contribution is 6.31. The van der Waals surface area contributed by atoms with Crippen molar-refractivity contribution in [2.75, 3.05) is 6.54 Å². The summed E-state index contributed by atoms with van der Waals surface area (Å²) < 4.78 is 13.2. The quantitative estimate of drug-likeness (QED) is 0.807. The number of nitrogens with zero attached hydrogens (tertiary/aromatic N) is 1. The maximum absolute atomic E-state index is 13.2. The third kappa shape index (κ3) is 4.20. The first-order valence-electron chi connectivity index (χ1n) is 6.40. The van der Waals surface area contributed by atoms with Crippen molar-refractivity contribution in [3.8, 4) is 0 Å². The molecule has 0 aliphatic heterocycles. The van der Waals surface area contributed by atoms with Crippen LogP contribution >= 0.6 is 11.6 Å². The van der Waals surface area contributed by atoms with Crippen LogP contribution in [-0.2, 0) is 0 Å². The number of hydrogen-bond acceptors (Lipinski definition) is 1. The maximum atomic E-state index is 13.2. The molecule has 1 aromatic carbocycles. The summed E-state index contributed by atoms with van der Waals surface area (Å²) in [5.41, 5.74) is 0.129. The van der Waals surface area contributed by atoms with Crippen LogP contribution < -0.4 is 0 Å². The molecule has 106 valence electrons. The van der Waals surface area contributed by atoms with E-state index in [1.54, 1.807) is 4.90 Å². The van der Waals surface area contributed by atoms with E-state index >= 15 is 0 Å². The van der Waals surface area contributed by atoms with Gasteiger partial charge in [0.25, 0.3) is 5.91 Å². The van der Waals surface area contributed by atoms with Crippen molar-refractivity contribution in [3.63, 3.8) is 0 Å². The molecule has 0 spiro atoms. The number of amides is 1. The van der Waals surface area contributed by atoms with Crippen LogP contribution in [0.5, 0.6) is 0 Å². The molecule has 19 heavy (non-hydrogen) atoms. The highest BCUT2D eigenvalue weighted by Gasteiger charge is 2.28. The summed E-state index contributed by atoms with van der Waals surface area (Å²) in [7, 11) is 0. The molecule has 0 saturated heterocycles. The summed E-state index contributed by atoms with van der Waals surface area (Å²) in [5, 5.41) is -0.0238. The van der Waals surface area contributed by atoms with Gasteiger partial charge in [0, 0.05) is 17.6 Å². The molecule has 0 bridgehead atoms. The van der Waals surface area contributed by atoms with Crippen molar-refractivity contribution in [3.05, 3.63) is 34.6 Å². The molecule has 0 N–H and O–H groups in total. The van der Waals surface area contributed by atoms with Gasteiger partial charge in [-0.2, -0.15) is 0 Å². The van der Waals surface area contributed by atoms with E-state index in [2.05, 4.69) is 13.8 Å². The molecule has 4 heteroatoms. The fourth-order valence-electron chi connectivity index (χ4n) is 1.81. The van der Waals surface area contributed by atoms with E-state index in [4.69, 9.17) is 11.6 Å². The Bertz CT molecular complexity index is 466. The van der Waals surface area contributed by atoms with Gasteiger partial charge in [-0.05, 0) is 44.9 Å². The fourth-order valence-corrected chi connectivity index (χ4v) is 1.99. The predicted octanol–water partition coefficient (Wildman–Crippen LogP) is 4.38. The van der Waals surface area contributed by atoms with Crippen LogP contribution in [0, 0.1) is 11.7 Å². The topological polar surface area (TPSA) is 20.3 Å². The van der Waals surface area contributed by atoms with E-state index in [0.717, 1.165) is 0 Å². The van der Waals surface area contributed by atoms with Crippen LogP contribution in [-0.4, -0.2) is 22.9 Å². The van der Waals surface area contributed by atoms with E-state index in [1.807, 2.05) is 20.8 Å². The van der Waals surface area contributed by atoms with Crippen molar-refractivity contribution in [1.82, 2.24) is 4.90 Å². The second-order valence-corrected chi connectivity index (χ2v) is 6.52. The van der Waals surface area contributed by atoms with Crippen LogP contribution in [0.2, 0.25) is 5.02 Å². The van der Waals surface area contributed by atoms with E-state index in [1.165, 1.54) is 18.2 Å². The lowest BCUT2D eigenvalue weighted by atomic mass is 10.0. The number of carbonyl (C=O) groups is 1. The Balaban J connectivity index is 3.08. The second kappa shape index (κ2) is 5.91. The minimum Gasteiger partial charge on any atom is -0.334 e. The summed E-state index contributed by atoms with van der Waals surface area (Å²) in [4.78, 5) is 14.3. The zero-order valence-electron chi connectivity index (χ0n) is 12.1. The summed E-state index contributed by atoms with van der Waals surface area (Å²) in [6.45, 7) is 10.7. The Hall–Kier alpha value is -1.09. The van der Waals surface area contributed by atoms with Crippen LogP contribution in [0.3, 0.4) is 0 Å². The lowest BCUT2D eigenvalue weighted by Crippen LogP contribution is -2.47. The summed E-state index contributed by atoms with van der Waals surface area (Å²) in [6, 6.07) is 4.09. The molecule has 1 rings (SSSR count). The van der Waals surface area contributed by atoms with Gasteiger partial charge in [-0.3, -0.25) is 4.79 Å². The van der Waals surface area contributed by atoms with Gasteiger partial charge in [-0.15, -0.1) is 0 Å². The highest BCUT2D eigenvalue weighted by Crippen LogP contribution is 2.22. The maximum Gasteiger partial charge on any atom is 0.254 e. The molecular weight excluding hydrogens is 265 g/mol. The Morgan fingerprint density at radius 2 is 1.95 bits per heavy atom. The zero-order valence-corrected chi connectivity index (χ0v) is 12.9. The predicted molar refractivity (Wildman–Crippen MR) is 77.0 cm³/mol. The SMILES string of the molecule is CC(C)CN(C(=O)c1ccc(F)c(Cl)c1)C(C)(C)C. The van der Waals surface area contributed by atoms with Gasteiger partial charge in [-0.1, -0.05) is 25.4 Å². The Morgan fingerprint density at radius 3 is 2.37 bits per heavy atom. The normalized spacial score (nSPS) is 11.8. The lowest BCUT2D eigenvalue weighted by Gasteiger charge is -2.37. The van der Waals surface area contributed by atoms with Gasteiger partial charge in [0.2, 0.25) is 0 Å². The molecule has 0 radical (unpaired) electrons. The van der Waals surface area contributed by atoms with Crippen LogP contribution in [0.25, 0.3) is 0 Å². The average molecular weight is 286 g/mol. The molecule has 0 atom stereocenters. The molecule has 0 aliphatic rings. The van der Waals surface area contributed by atoms with E-state index in [0.29, 0.717) is 18.0 Å². The summed E-state index contributed by atoms with van der Waals surface area (Å²) in [5.74, 6) is -0.272. The van der Waals surface area contributed by atoms with Crippen molar-refractivity contribution in [2.45, 2.75) is 40.2 Å². The fraction of sp³-hybridized carbons (Fsp3) is 0.533. The Morgan fingerprint density at radius 1 is 1.37 bits per heavy atom. The minimum atomic E-state index is -0.510. The van der Waals surface area contributed by atoms with Gasteiger partial charge in [0.15, 0.2) is 0 Å². The van der Waals surface area contributed by atoms with Gasteiger partial charge in [-0.25, -0.2) is 4.39 Å². The number of carbonyl (C=O) groups excluding carboxylic acids is 1. The molecule has 1 aromatic rings. The molecule has 0 unspecified atom stereocenters. The van der Waals surface area contributed by atoms with E-state index in [-0.39, 0.29) is 16.5 Å². The summed E-state index contributed by atoms with van der Waals surface area (Å²) in [6.07, 6.45) is 0. The first kappa shape index (κ1) is 16.0. The molecule has 2 nitrogen and oxygen atoms in total. The number of rotatable bonds is 3. The van der Waals surface area contributed by atoms with Gasteiger partial charge < -0.3 is 4.90 Å². The minimum absolute atomic E-state index is 0.0238. The Labute approximate surface area is 119 Å². The Kier molecular flexibility index (Phi) is 4.97. The van der Waals surface area contributed by atoms with Crippen molar-refractivity contribution in [1.29, 1.82) is 0 Å². The second-order valence-electron chi connectivity index (χ2n) is 6.11. The third-order valence-electron chi connectivity index (χ3n) is 2.77.